The van der Waals surface area contributed by atoms with Crippen LogP contribution < -0.4 is 0 Å². The van der Waals surface area contributed by atoms with Crippen molar-refractivity contribution < 1.29 is 0 Å². The Morgan fingerprint density at radius 1 is 0.293 bits per heavy atom. The van der Waals surface area contributed by atoms with Crippen LogP contribution in [0.1, 0.15) is 0 Å². The van der Waals surface area contributed by atoms with Gasteiger partial charge in [-0.15, -0.1) is 0 Å². The number of fused-ring (bicyclic) bond motifs is 9. The summed E-state index contributed by atoms with van der Waals surface area (Å²) < 4.78 is 0. The number of para-hydroxylation sites is 1. The lowest BCUT2D eigenvalue weighted by Crippen LogP contribution is -1.95. The Balaban J connectivity index is 1.07. The fourth-order valence-electron chi connectivity index (χ4n) is 9.17. The lowest BCUT2D eigenvalue weighted by molar-refractivity contribution is 1.20. The molecule has 0 unspecified atom stereocenters. The molecule has 0 aliphatic heterocycles. The average Bonchev–Trinajstić information content (AvgIpc) is 3.30. The molecule has 0 aliphatic carbocycles. The van der Waals surface area contributed by atoms with E-state index in [-0.39, 0.29) is 0 Å². The van der Waals surface area contributed by atoms with Crippen LogP contribution in [0.25, 0.3) is 120 Å². The zero-order valence-corrected chi connectivity index (χ0v) is 31.4. The van der Waals surface area contributed by atoms with Gasteiger partial charge in [0.15, 0.2) is 0 Å². The van der Waals surface area contributed by atoms with E-state index in [2.05, 4.69) is 182 Å². The molecule has 268 valence electrons. The van der Waals surface area contributed by atoms with Crippen molar-refractivity contribution in [3.8, 4) is 44.9 Å². The number of benzene rings is 10. The molecule has 2 heterocycles. The third kappa shape index (κ3) is 5.11. The molecule has 0 saturated heterocycles. The molecule has 10 aromatic carbocycles. The van der Waals surface area contributed by atoms with Gasteiger partial charge in [-0.1, -0.05) is 164 Å². The average molecular weight is 736 g/mol. The second-order valence-electron chi connectivity index (χ2n) is 15.2. The van der Waals surface area contributed by atoms with Crippen molar-refractivity contribution >= 4 is 75.5 Å². The summed E-state index contributed by atoms with van der Waals surface area (Å²) in [5, 5.41) is 15.5. The van der Waals surface area contributed by atoms with E-state index in [0.29, 0.717) is 0 Å². The Morgan fingerprint density at radius 2 is 0.776 bits per heavy atom. The van der Waals surface area contributed by atoms with E-state index in [1.807, 2.05) is 18.5 Å². The van der Waals surface area contributed by atoms with Crippen LogP contribution in [0.2, 0.25) is 0 Å². The summed E-state index contributed by atoms with van der Waals surface area (Å²) in [7, 11) is 0. The molecule has 2 aromatic heterocycles. The molecule has 0 amide bonds. The summed E-state index contributed by atoms with van der Waals surface area (Å²) in [4.78, 5) is 15.3. The van der Waals surface area contributed by atoms with Crippen LogP contribution in [0.3, 0.4) is 0 Å². The fourth-order valence-corrected chi connectivity index (χ4v) is 9.17. The molecule has 0 bridgehead atoms. The molecule has 0 aliphatic rings. The molecule has 0 atom stereocenters. The predicted octanol–water partition coefficient (Wildman–Crippen LogP) is 14.6. The second-order valence-corrected chi connectivity index (χ2v) is 15.2. The highest BCUT2D eigenvalue weighted by Gasteiger charge is 2.19. The first-order valence-electron chi connectivity index (χ1n) is 19.7. The number of aromatic nitrogens is 3. The normalized spacial score (nSPS) is 11.8. The minimum Gasteiger partial charge on any atom is -0.252 e. The van der Waals surface area contributed by atoms with Gasteiger partial charge in [0.05, 0.1) is 29.3 Å². The Kier molecular flexibility index (Phi) is 7.23. The van der Waals surface area contributed by atoms with Crippen LogP contribution in [0, 0.1) is 0 Å². The van der Waals surface area contributed by atoms with E-state index in [1.54, 1.807) is 0 Å². The van der Waals surface area contributed by atoms with Crippen LogP contribution in [-0.4, -0.2) is 15.0 Å². The van der Waals surface area contributed by atoms with Crippen LogP contribution in [0.15, 0.2) is 200 Å². The largest absolute Gasteiger partial charge is 0.252 e. The zero-order chi connectivity index (χ0) is 38.2. The van der Waals surface area contributed by atoms with Gasteiger partial charge >= 0.3 is 0 Å². The lowest BCUT2D eigenvalue weighted by atomic mass is 9.84. The molecule has 0 fully saturated rings. The molecule has 58 heavy (non-hydrogen) atoms. The van der Waals surface area contributed by atoms with Crippen LogP contribution in [-0.2, 0) is 0 Å². The second kappa shape index (κ2) is 12.9. The molecule has 0 saturated carbocycles. The molecule has 3 heteroatoms. The Hall–Kier alpha value is -7.75. The van der Waals surface area contributed by atoms with E-state index in [9.17, 15) is 0 Å². The summed E-state index contributed by atoms with van der Waals surface area (Å²) in [5.41, 5.74) is 9.18. The zero-order valence-electron chi connectivity index (χ0n) is 31.4. The van der Waals surface area contributed by atoms with Gasteiger partial charge in [0, 0.05) is 21.7 Å². The summed E-state index contributed by atoms with van der Waals surface area (Å²) in [5.74, 6) is 0. The maximum Gasteiger partial charge on any atom is 0.108 e. The molecule has 12 aromatic rings. The van der Waals surface area contributed by atoms with Crippen LogP contribution in [0.5, 0.6) is 0 Å². The molecule has 0 spiro atoms. The molecular formula is C55H33N3. The smallest absolute Gasteiger partial charge is 0.108 e. The van der Waals surface area contributed by atoms with Crippen molar-refractivity contribution in [1.29, 1.82) is 0 Å². The standard InChI is InChI=1S/C55H33N3/c1-3-14-37-29-40(23-21-34(37)11-1)52-43-17-7-8-18-44(43)53(41-24-22-35-12-2-4-15-38(35)30-41)48-31-39(26-27-45(48)52)50-32-57-51(33-56-50)55-47-28-25-36-13-5-6-16-42(36)54(47)46-19-9-10-20-49(46)58-55/h1-33H. The van der Waals surface area contributed by atoms with Gasteiger partial charge < -0.3 is 0 Å². The SMILES string of the molecule is c1ccc2cc(-c3c4ccccc4c(-c4ccc5ccccc5c4)c4cc(-c5cnc(-c6nc7ccccc7c7c6ccc6ccccc67)cn5)ccc34)ccc2c1. The Morgan fingerprint density at radius 3 is 1.45 bits per heavy atom. The number of rotatable bonds is 4. The quantitative estimate of drug-likeness (QED) is 0.133. The predicted molar refractivity (Wildman–Crippen MR) is 244 cm³/mol. The number of pyridine rings is 1. The minimum absolute atomic E-state index is 0.747. The Bertz CT molecular complexity index is 3610. The number of hydrogen-bond acceptors (Lipinski definition) is 3. The monoisotopic (exact) mass is 735 g/mol. The topological polar surface area (TPSA) is 38.7 Å². The van der Waals surface area contributed by atoms with E-state index < -0.39 is 0 Å². The van der Waals surface area contributed by atoms with Gasteiger partial charge in [0.2, 0.25) is 0 Å². The number of nitrogens with zero attached hydrogens (tertiary/aromatic N) is 3. The maximum atomic E-state index is 5.17. The fraction of sp³-hybridized carbons (Fsp3) is 0. The van der Waals surface area contributed by atoms with E-state index in [0.717, 1.165) is 38.9 Å². The molecule has 0 radical (unpaired) electrons. The number of hydrogen-bond donors (Lipinski definition) is 0. The van der Waals surface area contributed by atoms with Crippen molar-refractivity contribution in [2.75, 3.05) is 0 Å². The van der Waals surface area contributed by atoms with E-state index in [4.69, 9.17) is 15.0 Å². The highest BCUT2D eigenvalue weighted by atomic mass is 14.8. The van der Waals surface area contributed by atoms with Gasteiger partial charge in [0.1, 0.15) is 5.69 Å². The van der Waals surface area contributed by atoms with Crippen molar-refractivity contribution in [3.05, 3.63) is 200 Å². The van der Waals surface area contributed by atoms with Crippen molar-refractivity contribution in [3.63, 3.8) is 0 Å². The minimum atomic E-state index is 0.747. The van der Waals surface area contributed by atoms with Gasteiger partial charge in [0.25, 0.3) is 0 Å². The summed E-state index contributed by atoms with van der Waals surface area (Å²) in [6, 6.07) is 67.8. The molecule has 3 nitrogen and oxygen atoms in total. The molecule has 12 rings (SSSR count). The highest BCUT2D eigenvalue weighted by Crippen LogP contribution is 2.46. The van der Waals surface area contributed by atoms with Gasteiger partial charge in [-0.25, -0.2) is 4.98 Å². The highest BCUT2D eigenvalue weighted by molar-refractivity contribution is 6.24. The van der Waals surface area contributed by atoms with Gasteiger partial charge in [-0.3, -0.25) is 9.97 Å². The van der Waals surface area contributed by atoms with Crippen molar-refractivity contribution in [2.45, 2.75) is 0 Å². The summed E-state index contributed by atoms with van der Waals surface area (Å²) in [6.45, 7) is 0. The first kappa shape index (κ1) is 32.5. The molecule has 0 N–H and O–H groups in total. The van der Waals surface area contributed by atoms with Crippen LogP contribution in [0.4, 0.5) is 0 Å². The maximum absolute atomic E-state index is 5.17. The van der Waals surface area contributed by atoms with Gasteiger partial charge in [-0.05, 0) is 100 Å². The van der Waals surface area contributed by atoms with E-state index in [1.165, 1.54) is 81.5 Å². The third-order valence-corrected chi connectivity index (χ3v) is 11.9. The lowest BCUT2D eigenvalue weighted by Gasteiger charge is -2.19. The summed E-state index contributed by atoms with van der Waals surface area (Å²) >= 11 is 0. The first-order valence-corrected chi connectivity index (χ1v) is 19.7. The van der Waals surface area contributed by atoms with E-state index >= 15 is 0 Å². The third-order valence-electron chi connectivity index (χ3n) is 11.9. The van der Waals surface area contributed by atoms with Gasteiger partial charge in [-0.2, -0.15) is 0 Å². The van der Waals surface area contributed by atoms with Crippen molar-refractivity contribution in [1.82, 2.24) is 15.0 Å². The Labute approximate surface area is 334 Å². The molecular weight excluding hydrogens is 703 g/mol. The first-order chi connectivity index (χ1) is 28.7. The summed E-state index contributed by atoms with van der Waals surface area (Å²) in [6.07, 6.45) is 3.79. The van der Waals surface area contributed by atoms with Crippen molar-refractivity contribution in [2.24, 2.45) is 0 Å². The van der Waals surface area contributed by atoms with Crippen LogP contribution >= 0.6 is 0 Å².